The van der Waals surface area contributed by atoms with E-state index in [0.717, 1.165) is 19.5 Å². The van der Waals surface area contributed by atoms with Gasteiger partial charge in [-0.05, 0) is 33.7 Å². The summed E-state index contributed by atoms with van der Waals surface area (Å²) in [6.07, 6.45) is 1.07. The second-order valence-electron chi connectivity index (χ2n) is 4.02. The third-order valence-corrected chi connectivity index (χ3v) is 4.14. The molecule has 1 unspecified atom stereocenters. The maximum Gasteiger partial charge on any atom is 0.0489 e. The molecule has 0 saturated carbocycles. The Morgan fingerprint density at radius 2 is 2.09 bits per heavy atom. The van der Waals surface area contributed by atoms with Gasteiger partial charge in [-0.1, -0.05) is 0 Å². The topological polar surface area (TPSA) is 29.1 Å². The lowest BCUT2D eigenvalue weighted by atomic mass is 10.3. The molecule has 2 nitrogen and oxygen atoms in total. The van der Waals surface area contributed by atoms with Crippen molar-refractivity contribution >= 4 is 10.8 Å². The summed E-state index contributed by atoms with van der Waals surface area (Å²) in [6.45, 7) is 8.10. The maximum absolute atomic E-state index is 11.7. The predicted octanol–water partition coefficient (Wildman–Crippen LogP) is 0.895. The predicted molar refractivity (Wildman–Crippen MR) is 49.2 cm³/mol. The normalized spacial score (nSPS) is 28.8. The van der Waals surface area contributed by atoms with Crippen LogP contribution < -0.4 is 5.32 Å². The molecule has 0 aliphatic carbocycles. The lowest BCUT2D eigenvalue weighted by molar-refractivity contribution is 0.636. The molecule has 1 fully saturated rings. The first-order valence-electron chi connectivity index (χ1n) is 4.13. The van der Waals surface area contributed by atoms with Crippen molar-refractivity contribution in [3.8, 4) is 0 Å². The largest absolute Gasteiger partial charge is 0.315 e. The van der Waals surface area contributed by atoms with Crippen LogP contribution in [0.25, 0.3) is 0 Å². The monoisotopic (exact) mass is 175 g/mol. The SMILES string of the molecule is CC(C)(C)[S@](=O)C1CCNC1. The van der Waals surface area contributed by atoms with Crippen LogP contribution in [0.15, 0.2) is 0 Å². The van der Waals surface area contributed by atoms with Gasteiger partial charge in [0.25, 0.3) is 0 Å². The summed E-state index contributed by atoms with van der Waals surface area (Å²) in [5, 5.41) is 3.62. The number of nitrogens with one attached hydrogen (secondary N) is 1. The van der Waals surface area contributed by atoms with Gasteiger partial charge in [0.15, 0.2) is 0 Å². The first-order valence-corrected chi connectivity index (χ1v) is 5.34. The van der Waals surface area contributed by atoms with Crippen molar-refractivity contribution in [2.75, 3.05) is 13.1 Å². The molecular formula is C8H17NOS. The summed E-state index contributed by atoms with van der Waals surface area (Å²) < 4.78 is 11.7. The minimum atomic E-state index is -0.675. The maximum atomic E-state index is 11.7. The van der Waals surface area contributed by atoms with Gasteiger partial charge in [0.05, 0.1) is 0 Å². The molecule has 66 valence electrons. The van der Waals surface area contributed by atoms with Gasteiger partial charge in [-0.25, -0.2) is 0 Å². The summed E-state index contributed by atoms with van der Waals surface area (Å²) in [6, 6.07) is 0. The van der Waals surface area contributed by atoms with E-state index in [1.807, 2.05) is 20.8 Å². The molecule has 1 heterocycles. The van der Waals surface area contributed by atoms with Crippen molar-refractivity contribution < 1.29 is 4.21 Å². The van der Waals surface area contributed by atoms with Crippen LogP contribution in [0.3, 0.4) is 0 Å². The van der Waals surface area contributed by atoms with Gasteiger partial charge in [0.2, 0.25) is 0 Å². The number of rotatable bonds is 1. The first kappa shape index (κ1) is 9.20. The van der Waals surface area contributed by atoms with Crippen LogP contribution in [0.1, 0.15) is 27.2 Å². The highest BCUT2D eigenvalue weighted by atomic mass is 32.2. The Bertz CT molecular complexity index is 156. The van der Waals surface area contributed by atoms with E-state index in [9.17, 15) is 4.21 Å². The van der Waals surface area contributed by atoms with E-state index in [1.54, 1.807) is 0 Å². The zero-order valence-corrected chi connectivity index (χ0v) is 8.33. The Morgan fingerprint density at radius 1 is 1.45 bits per heavy atom. The molecule has 0 aromatic carbocycles. The zero-order chi connectivity index (χ0) is 8.48. The average molecular weight is 175 g/mol. The van der Waals surface area contributed by atoms with E-state index >= 15 is 0 Å². The Labute approximate surface area is 71.2 Å². The Hall–Kier alpha value is 0.110. The highest BCUT2D eigenvalue weighted by Crippen LogP contribution is 2.19. The summed E-state index contributed by atoms with van der Waals surface area (Å²) in [4.78, 5) is 0. The Kier molecular flexibility index (Phi) is 2.70. The lowest BCUT2D eigenvalue weighted by Gasteiger charge is -2.21. The average Bonchev–Trinajstić information content (AvgIpc) is 2.34. The van der Waals surface area contributed by atoms with Crippen LogP contribution in [-0.2, 0) is 10.8 Å². The molecule has 1 N–H and O–H groups in total. The molecule has 0 amide bonds. The van der Waals surface area contributed by atoms with Gasteiger partial charge in [-0.3, -0.25) is 4.21 Å². The smallest absolute Gasteiger partial charge is 0.0489 e. The van der Waals surface area contributed by atoms with Gasteiger partial charge in [0.1, 0.15) is 0 Å². The van der Waals surface area contributed by atoms with Gasteiger partial charge in [-0.15, -0.1) is 0 Å². The van der Waals surface area contributed by atoms with E-state index in [2.05, 4.69) is 5.32 Å². The molecule has 1 aliphatic rings. The van der Waals surface area contributed by atoms with E-state index in [-0.39, 0.29) is 4.75 Å². The van der Waals surface area contributed by atoms with Crippen LogP contribution in [0.4, 0.5) is 0 Å². The second kappa shape index (κ2) is 3.23. The molecule has 2 atom stereocenters. The standard InChI is InChI=1S/C8H17NOS/c1-8(2,3)11(10)7-4-5-9-6-7/h7,9H,4-6H2,1-3H3/t7?,11-/m1/s1. The van der Waals surface area contributed by atoms with E-state index in [0.29, 0.717) is 5.25 Å². The molecule has 11 heavy (non-hydrogen) atoms. The molecule has 1 rings (SSSR count). The Morgan fingerprint density at radius 3 is 2.45 bits per heavy atom. The molecule has 1 saturated heterocycles. The molecule has 0 spiro atoms. The summed E-state index contributed by atoms with van der Waals surface area (Å²) in [5.74, 6) is 0. The molecule has 3 heteroatoms. The first-order chi connectivity index (χ1) is 5.02. The fourth-order valence-electron chi connectivity index (χ4n) is 1.31. The molecule has 1 aliphatic heterocycles. The molecule has 0 aromatic rings. The zero-order valence-electron chi connectivity index (χ0n) is 7.52. The fraction of sp³-hybridized carbons (Fsp3) is 1.00. The van der Waals surface area contributed by atoms with E-state index in [1.165, 1.54) is 0 Å². The van der Waals surface area contributed by atoms with Crippen LogP contribution in [0.5, 0.6) is 0 Å². The van der Waals surface area contributed by atoms with Crippen molar-refractivity contribution in [1.29, 1.82) is 0 Å². The number of hydrogen-bond donors (Lipinski definition) is 1. The van der Waals surface area contributed by atoms with E-state index < -0.39 is 10.8 Å². The van der Waals surface area contributed by atoms with Crippen LogP contribution in [0.2, 0.25) is 0 Å². The van der Waals surface area contributed by atoms with Crippen molar-refractivity contribution in [3.63, 3.8) is 0 Å². The molecule has 0 aromatic heterocycles. The summed E-state index contributed by atoms with van der Waals surface area (Å²) in [7, 11) is -0.675. The van der Waals surface area contributed by atoms with Crippen molar-refractivity contribution in [2.24, 2.45) is 0 Å². The highest BCUT2D eigenvalue weighted by molar-refractivity contribution is 7.87. The van der Waals surface area contributed by atoms with Crippen LogP contribution >= 0.6 is 0 Å². The Balaban J connectivity index is 2.53. The van der Waals surface area contributed by atoms with Crippen LogP contribution in [-0.4, -0.2) is 27.3 Å². The minimum absolute atomic E-state index is 0.0450. The van der Waals surface area contributed by atoms with Crippen LogP contribution in [0, 0.1) is 0 Å². The van der Waals surface area contributed by atoms with Crippen molar-refractivity contribution in [2.45, 2.75) is 37.2 Å². The fourth-order valence-corrected chi connectivity index (χ4v) is 2.91. The van der Waals surface area contributed by atoms with Gasteiger partial charge < -0.3 is 5.32 Å². The minimum Gasteiger partial charge on any atom is -0.315 e. The second-order valence-corrected chi connectivity index (χ2v) is 6.51. The van der Waals surface area contributed by atoms with Crippen molar-refractivity contribution in [3.05, 3.63) is 0 Å². The third kappa shape index (κ3) is 2.27. The number of hydrogen-bond acceptors (Lipinski definition) is 2. The summed E-state index contributed by atoms with van der Waals surface area (Å²) in [5.41, 5.74) is 0. The molecule has 0 bridgehead atoms. The molecular weight excluding hydrogens is 158 g/mol. The lowest BCUT2D eigenvalue weighted by Crippen LogP contribution is -2.32. The quantitative estimate of drug-likeness (QED) is 0.641. The van der Waals surface area contributed by atoms with Gasteiger partial charge in [0, 0.05) is 27.3 Å². The summed E-state index contributed by atoms with van der Waals surface area (Å²) >= 11 is 0. The highest BCUT2D eigenvalue weighted by Gasteiger charge is 2.29. The van der Waals surface area contributed by atoms with Crippen molar-refractivity contribution in [1.82, 2.24) is 5.32 Å². The van der Waals surface area contributed by atoms with Gasteiger partial charge >= 0.3 is 0 Å². The van der Waals surface area contributed by atoms with Gasteiger partial charge in [-0.2, -0.15) is 0 Å². The third-order valence-electron chi connectivity index (χ3n) is 1.92. The molecule has 0 radical (unpaired) electrons. The van der Waals surface area contributed by atoms with E-state index in [4.69, 9.17) is 0 Å².